The van der Waals surface area contributed by atoms with Crippen LogP contribution >= 0.6 is 0 Å². The third kappa shape index (κ3) is 6.32. The Labute approximate surface area is 254 Å². The molecule has 2 N–H and O–H groups in total. The standard InChI is InChI=1S/C37H29FN4O2/c1-25-22-35(28-8-3-2-4-9-28)42(41-25)32-20-14-26(15-21-32)24-39-36(43)29-10-7-11-31(23-29)40-37(44)34-13-6-5-12-33(34)27-16-18-30(38)19-17-27/h2-23H,24H2,1H3,(H,39,43)(H,40,44). The van der Waals surface area contributed by atoms with Gasteiger partial charge in [-0.05, 0) is 78.2 Å². The molecule has 0 fully saturated rings. The molecular weight excluding hydrogens is 551 g/mol. The van der Waals surface area contributed by atoms with E-state index in [4.69, 9.17) is 0 Å². The minimum absolute atomic E-state index is 0.258. The maximum Gasteiger partial charge on any atom is 0.256 e. The molecular formula is C37H29FN4O2. The zero-order valence-electron chi connectivity index (χ0n) is 24.0. The Morgan fingerprint density at radius 3 is 2.23 bits per heavy atom. The number of carbonyl (C=O) groups excluding carboxylic acids is 2. The normalized spacial score (nSPS) is 10.8. The first-order valence-corrected chi connectivity index (χ1v) is 14.2. The summed E-state index contributed by atoms with van der Waals surface area (Å²) in [7, 11) is 0. The number of hydrogen-bond acceptors (Lipinski definition) is 3. The topological polar surface area (TPSA) is 76.0 Å². The Kier molecular flexibility index (Phi) is 8.10. The van der Waals surface area contributed by atoms with E-state index >= 15 is 0 Å². The predicted octanol–water partition coefficient (Wildman–Crippen LogP) is 7.84. The van der Waals surface area contributed by atoms with Gasteiger partial charge >= 0.3 is 0 Å². The number of aryl methyl sites for hydroxylation is 1. The Morgan fingerprint density at radius 2 is 1.45 bits per heavy atom. The number of aromatic nitrogens is 2. The van der Waals surface area contributed by atoms with Gasteiger partial charge in [-0.2, -0.15) is 5.10 Å². The van der Waals surface area contributed by atoms with Crippen molar-refractivity contribution >= 4 is 17.5 Å². The molecule has 216 valence electrons. The lowest BCUT2D eigenvalue weighted by molar-refractivity contribution is 0.0949. The van der Waals surface area contributed by atoms with Crippen LogP contribution in [0.5, 0.6) is 0 Å². The van der Waals surface area contributed by atoms with Gasteiger partial charge in [-0.1, -0.05) is 78.9 Å². The lowest BCUT2D eigenvalue weighted by Gasteiger charge is -2.12. The van der Waals surface area contributed by atoms with Gasteiger partial charge < -0.3 is 10.6 Å². The number of halogens is 1. The van der Waals surface area contributed by atoms with Gasteiger partial charge in [0.2, 0.25) is 0 Å². The van der Waals surface area contributed by atoms with Crippen molar-refractivity contribution in [2.45, 2.75) is 13.5 Å². The summed E-state index contributed by atoms with van der Waals surface area (Å²) in [4.78, 5) is 26.2. The number of hydrogen-bond donors (Lipinski definition) is 2. The van der Waals surface area contributed by atoms with E-state index in [-0.39, 0.29) is 17.6 Å². The molecule has 7 heteroatoms. The molecule has 0 spiro atoms. The first-order chi connectivity index (χ1) is 21.4. The summed E-state index contributed by atoms with van der Waals surface area (Å²) >= 11 is 0. The highest BCUT2D eigenvalue weighted by atomic mass is 19.1. The second kappa shape index (κ2) is 12.6. The lowest BCUT2D eigenvalue weighted by Crippen LogP contribution is -2.23. The highest BCUT2D eigenvalue weighted by molar-refractivity contribution is 6.09. The van der Waals surface area contributed by atoms with Gasteiger partial charge in [0.05, 0.1) is 17.1 Å². The monoisotopic (exact) mass is 580 g/mol. The highest BCUT2D eigenvalue weighted by Gasteiger charge is 2.15. The molecule has 0 radical (unpaired) electrons. The van der Waals surface area contributed by atoms with Crippen LogP contribution in [0.15, 0.2) is 133 Å². The van der Waals surface area contributed by atoms with Crippen molar-refractivity contribution in [1.82, 2.24) is 15.1 Å². The fourth-order valence-corrected chi connectivity index (χ4v) is 5.05. The number of amides is 2. The summed E-state index contributed by atoms with van der Waals surface area (Å²) in [5.41, 5.74) is 7.66. The van der Waals surface area contributed by atoms with Crippen LogP contribution in [-0.4, -0.2) is 21.6 Å². The van der Waals surface area contributed by atoms with Crippen molar-refractivity contribution < 1.29 is 14.0 Å². The van der Waals surface area contributed by atoms with E-state index in [9.17, 15) is 14.0 Å². The molecule has 0 saturated carbocycles. The molecule has 0 atom stereocenters. The summed E-state index contributed by atoms with van der Waals surface area (Å²) in [5.74, 6) is -0.930. The Hall–Kier alpha value is -5.82. The van der Waals surface area contributed by atoms with E-state index in [1.165, 1.54) is 12.1 Å². The Morgan fingerprint density at radius 1 is 0.727 bits per heavy atom. The highest BCUT2D eigenvalue weighted by Crippen LogP contribution is 2.26. The van der Waals surface area contributed by atoms with Gasteiger partial charge in [0.1, 0.15) is 5.82 Å². The second-order valence-corrected chi connectivity index (χ2v) is 10.4. The average molecular weight is 581 g/mol. The van der Waals surface area contributed by atoms with Crippen molar-refractivity contribution in [3.05, 3.63) is 162 Å². The van der Waals surface area contributed by atoms with Crippen LogP contribution in [0.2, 0.25) is 0 Å². The Balaban J connectivity index is 1.11. The predicted molar refractivity (Wildman–Crippen MR) is 171 cm³/mol. The lowest BCUT2D eigenvalue weighted by atomic mass is 9.99. The van der Waals surface area contributed by atoms with E-state index in [1.54, 1.807) is 48.5 Å². The molecule has 0 unspecified atom stereocenters. The fraction of sp³-hybridized carbons (Fsp3) is 0.0541. The maximum atomic E-state index is 13.4. The van der Waals surface area contributed by atoms with E-state index in [2.05, 4.69) is 33.9 Å². The van der Waals surface area contributed by atoms with Gasteiger partial charge in [-0.25, -0.2) is 9.07 Å². The van der Waals surface area contributed by atoms with Crippen molar-refractivity contribution in [2.75, 3.05) is 5.32 Å². The molecule has 6 nitrogen and oxygen atoms in total. The minimum Gasteiger partial charge on any atom is -0.348 e. The fourth-order valence-electron chi connectivity index (χ4n) is 5.05. The maximum absolute atomic E-state index is 13.4. The number of carbonyl (C=O) groups is 2. The third-order valence-corrected chi connectivity index (χ3v) is 7.24. The molecule has 0 aliphatic heterocycles. The Bertz CT molecular complexity index is 1930. The van der Waals surface area contributed by atoms with Crippen molar-refractivity contribution in [1.29, 1.82) is 0 Å². The van der Waals surface area contributed by atoms with Gasteiger partial charge in [-0.3, -0.25) is 9.59 Å². The van der Waals surface area contributed by atoms with Crippen molar-refractivity contribution in [3.8, 4) is 28.1 Å². The van der Waals surface area contributed by atoms with Gasteiger partial charge in [0.15, 0.2) is 0 Å². The molecule has 0 aliphatic carbocycles. The van der Waals surface area contributed by atoms with E-state index < -0.39 is 0 Å². The summed E-state index contributed by atoms with van der Waals surface area (Å²) in [6.07, 6.45) is 0. The third-order valence-electron chi connectivity index (χ3n) is 7.24. The van der Waals surface area contributed by atoms with Crippen molar-refractivity contribution in [3.63, 3.8) is 0 Å². The molecule has 1 heterocycles. The van der Waals surface area contributed by atoms with Crippen LogP contribution in [0.1, 0.15) is 32.0 Å². The zero-order valence-corrected chi connectivity index (χ0v) is 24.0. The minimum atomic E-state index is -0.343. The van der Waals surface area contributed by atoms with Gasteiger partial charge in [0, 0.05) is 28.9 Å². The van der Waals surface area contributed by atoms with E-state index in [1.807, 2.05) is 66.2 Å². The van der Waals surface area contributed by atoms with Crippen LogP contribution in [0.4, 0.5) is 10.1 Å². The number of anilines is 1. The molecule has 0 saturated heterocycles. The molecule has 0 bridgehead atoms. The molecule has 2 amide bonds. The molecule has 1 aromatic heterocycles. The molecule has 44 heavy (non-hydrogen) atoms. The van der Waals surface area contributed by atoms with Gasteiger partial charge in [-0.15, -0.1) is 0 Å². The average Bonchev–Trinajstić information content (AvgIpc) is 3.46. The zero-order chi connectivity index (χ0) is 30.5. The van der Waals surface area contributed by atoms with Crippen LogP contribution < -0.4 is 10.6 Å². The summed E-state index contributed by atoms with van der Waals surface area (Å²) in [5, 5.41) is 10.5. The largest absolute Gasteiger partial charge is 0.348 e. The number of nitrogens with one attached hydrogen (secondary N) is 2. The SMILES string of the molecule is Cc1cc(-c2ccccc2)n(-c2ccc(CNC(=O)c3cccc(NC(=O)c4ccccc4-c4ccc(F)cc4)c3)cc2)n1. The molecule has 5 aromatic carbocycles. The summed E-state index contributed by atoms with van der Waals surface area (Å²) in [6.45, 7) is 2.31. The van der Waals surface area contributed by atoms with Crippen LogP contribution in [0.3, 0.4) is 0 Å². The first-order valence-electron chi connectivity index (χ1n) is 14.2. The van der Waals surface area contributed by atoms with Crippen molar-refractivity contribution in [2.24, 2.45) is 0 Å². The molecule has 6 aromatic rings. The number of benzene rings is 5. The van der Waals surface area contributed by atoms with Crippen LogP contribution in [-0.2, 0) is 6.54 Å². The number of rotatable bonds is 8. The van der Waals surface area contributed by atoms with E-state index in [0.717, 1.165) is 33.8 Å². The summed E-state index contributed by atoms with van der Waals surface area (Å²) < 4.78 is 15.4. The van der Waals surface area contributed by atoms with Crippen LogP contribution in [0, 0.1) is 12.7 Å². The van der Waals surface area contributed by atoms with Crippen LogP contribution in [0.25, 0.3) is 28.1 Å². The number of nitrogens with zero attached hydrogens (tertiary/aromatic N) is 2. The second-order valence-electron chi connectivity index (χ2n) is 10.4. The smallest absolute Gasteiger partial charge is 0.256 e. The molecule has 6 rings (SSSR count). The van der Waals surface area contributed by atoms with E-state index in [0.29, 0.717) is 28.9 Å². The quantitative estimate of drug-likeness (QED) is 0.193. The summed E-state index contributed by atoms with van der Waals surface area (Å²) in [6, 6.07) is 40.0. The molecule has 0 aliphatic rings. The first kappa shape index (κ1) is 28.3. The van der Waals surface area contributed by atoms with Gasteiger partial charge in [0.25, 0.3) is 11.8 Å².